The van der Waals surface area contributed by atoms with Crippen LogP contribution in [-0.4, -0.2) is 21.0 Å². The van der Waals surface area contributed by atoms with Gasteiger partial charge in [0, 0.05) is 23.5 Å². The van der Waals surface area contributed by atoms with E-state index < -0.39 is 0 Å². The Morgan fingerprint density at radius 2 is 1.74 bits per heavy atom. The van der Waals surface area contributed by atoms with Crippen LogP contribution in [-0.2, 0) is 13.1 Å². The molecule has 1 aromatic heterocycles. The molecule has 3 aromatic rings. The van der Waals surface area contributed by atoms with Gasteiger partial charge in [-0.25, -0.2) is 0 Å². The summed E-state index contributed by atoms with van der Waals surface area (Å²) < 4.78 is 0. The zero-order chi connectivity index (χ0) is 21.8. The number of thiocarbonyl (C=S) groups is 1. The Morgan fingerprint density at radius 3 is 2.48 bits per heavy atom. The van der Waals surface area contributed by atoms with Gasteiger partial charge in [0.15, 0.2) is 5.11 Å². The van der Waals surface area contributed by atoms with Crippen molar-refractivity contribution in [1.29, 1.82) is 0 Å². The maximum atomic E-state index is 13.0. The van der Waals surface area contributed by atoms with Crippen molar-refractivity contribution in [2.24, 2.45) is 0 Å². The third-order valence-corrected chi connectivity index (χ3v) is 6.69. The van der Waals surface area contributed by atoms with Gasteiger partial charge in [-0.15, -0.1) is 0 Å². The molecule has 4 rings (SSSR count). The monoisotopic (exact) mass is 433 g/mol. The minimum absolute atomic E-state index is 0.0419. The van der Waals surface area contributed by atoms with Gasteiger partial charge in [0.2, 0.25) is 0 Å². The summed E-state index contributed by atoms with van der Waals surface area (Å²) in [6.45, 7) is 5.26. The Kier molecular flexibility index (Phi) is 6.71. The Bertz CT molecular complexity index is 1120. The number of aryl methyl sites for hydroxylation is 2. The number of fused-ring (bicyclic) bond motifs is 1. The summed E-state index contributed by atoms with van der Waals surface area (Å²) in [5.41, 5.74) is 5.05. The number of nitrogens with one attached hydrogen (secondary N) is 2. The molecular formula is C26H31N3OS. The minimum atomic E-state index is -0.0419. The molecule has 1 heterocycles. The van der Waals surface area contributed by atoms with E-state index in [0.29, 0.717) is 19.1 Å². The van der Waals surface area contributed by atoms with Crippen molar-refractivity contribution in [3.8, 4) is 0 Å². The van der Waals surface area contributed by atoms with Gasteiger partial charge in [-0.3, -0.25) is 4.79 Å². The summed E-state index contributed by atoms with van der Waals surface area (Å²) in [5, 5.41) is 5.41. The largest absolute Gasteiger partial charge is 0.360 e. The highest BCUT2D eigenvalue weighted by Gasteiger charge is 2.19. The summed E-state index contributed by atoms with van der Waals surface area (Å²) >= 11 is 5.84. The second-order valence-corrected chi connectivity index (χ2v) is 9.12. The van der Waals surface area contributed by atoms with E-state index in [1.807, 2.05) is 31.2 Å². The van der Waals surface area contributed by atoms with Crippen LogP contribution in [0, 0.1) is 13.8 Å². The van der Waals surface area contributed by atoms with Crippen LogP contribution in [0.15, 0.2) is 53.3 Å². The Hall–Kier alpha value is -2.66. The van der Waals surface area contributed by atoms with Gasteiger partial charge in [0.1, 0.15) is 0 Å². The molecule has 2 N–H and O–H groups in total. The van der Waals surface area contributed by atoms with E-state index >= 15 is 0 Å². The molecule has 4 nitrogen and oxygen atoms in total. The van der Waals surface area contributed by atoms with Crippen molar-refractivity contribution in [3.63, 3.8) is 0 Å². The van der Waals surface area contributed by atoms with Gasteiger partial charge >= 0.3 is 0 Å². The van der Waals surface area contributed by atoms with Crippen LogP contribution < -0.4 is 10.9 Å². The SMILES string of the molecule is Cc1ccc(C)c2[nH]c(=O)c(CN(Cc3ccccc3)C(=S)NC3CCCCC3)cc12. The molecule has 5 heteroatoms. The lowest BCUT2D eigenvalue weighted by Gasteiger charge is -2.31. The molecule has 0 atom stereocenters. The van der Waals surface area contributed by atoms with Gasteiger partial charge in [-0.05, 0) is 61.7 Å². The summed E-state index contributed by atoms with van der Waals surface area (Å²) in [6, 6.07) is 16.9. The van der Waals surface area contributed by atoms with Crippen molar-refractivity contribution in [3.05, 3.63) is 81.1 Å². The molecule has 0 saturated heterocycles. The number of aromatic amines is 1. The van der Waals surface area contributed by atoms with Gasteiger partial charge in [0.05, 0.1) is 12.1 Å². The van der Waals surface area contributed by atoms with Gasteiger partial charge in [-0.1, -0.05) is 61.7 Å². The van der Waals surface area contributed by atoms with Crippen molar-refractivity contribution in [2.45, 2.75) is 65.1 Å². The van der Waals surface area contributed by atoms with E-state index in [0.717, 1.165) is 45.5 Å². The molecule has 0 aliphatic heterocycles. The lowest BCUT2D eigenvalue weighted by Crippen LogP contribution is -2.45. The molecule has 1 fully saturated rings. The number of pyridine rings is 1. The zero-order valence-electron chi connectivity index (χ0n) is 18.4. The highest BCUT2D eigenvalue weighted by atomic mass is 32.1. The fraction of sp³-hybridized carbons (Fsp3) is 0.385. The number of nitrogens with zero attached hydrogens (tertiary/aromatic N) is 1. The van der Waals surface area contributed by atoms with Gasteiger partial charge in [0.25, 0.3) is 5.56 Å². The summed E-state index contributed by atoms with van der Waals surface area (Å²) in [6.07, 6.45) is 6.14. The average Bonchev–Trinajstić information content (AvgIpc) is 2.78. The maximum Gasteiger partial charge on any atom is 0.253 e. The molecule has 1 aliphatic carbocycles. The Labute approximate surface area is 189 Å². The van der Waals surface area contributed by atoms with E-state index in [9.17, 15) is 4.79 Å². The van der Waals surface area contributed by atoms with Crippen LogP contribution in [0.4, 0.5) is 0 Å². The van der Waals surface area contributed by atoms with Crippen LogP contribution in [0.25, 0.3) is 10.9 Å². The summed E-state index contributed by atoms with van der Waals surface area (Å²) in [4.78, 5) is 18.2. The van der Waals surface area contributed by atoms with Crippen LogP contribution in [0.1, 0.15) is 54.4 Å². The smallest absolute Gasteiger partial charge is 0.253 e. The van der Waals surface area contributed by atoms with Crippen LogP contribution >= 0.6 is 12.2 Å². The summed E-state index contributed by atoms with van der Waals surface area (Å²) in [7, 11) is 0. The molecule has 0 bridgehead atoms. The third-order valence-electron chi connectivity index (χ3n) is 6.32. The Morgan fingerprint density at radius 1 is 1.03 bits per heavy atom. The predicted molar refractivity (Wildman–Crippen MR) is 132 cm³/mol. The van der Waals surface area contributed by atoms with E-state index in [4.69, 9.17) is 12.2 Å². The lowest BCUT2D eigenvalue weighted by atomic mass is 9.96. The summed E-state index contributed by atoms with van der Waals surface area (Å²) in [5.74, 6) is 0. The standard InChI is InChI=1S/C26H31N3OS/c1-18-13-14-19(2)24-23(18)15-21(25(30)28-24)17-29(16-20-9-5-3-6-10-20)26(31)27-22-11-7-4-8-12-22/h3,5-6,9-10,13-15,22H,4,7-8,11-12,16-17H2,1-2H3,(H,27,31)(H,28,30). The van der Waals surface area contributed by atoms with Gasteiger partial charge < -0.3 is 15.2 Å². The highest BCUT2D eigenvalue weighted by Crippen LogP contribution is 2.21. The van der Waals surface area contributed by atoms with E-state index in [-0.39, 0.29) is 5.56 Å². The van der Waals surface area contributed by atoms with Crippen LogP contribution in [0.3, 0.4) is 0 Å². The van der Waals surface area contributed by atoms with Crippen molar-refractivity contribution in [1.82, 2.24) is 15.2 Å². The first kappa shape index (κ1) is 21.6. The van der Waals surface area contributed by atoms with E-state index in [2.05, 4.69) is 46.4 Å². The topological polar surface area (TPSA) is 48.1 Å². The lowest BCUT2D eigenvalue weighted by molar-refractivity contribution is 0.362. The highest BCUT2D eigenvalue weighted by molar-refractivity contribution is 7.80. The zero-order valence-corrected chi connectivity index (χ0v) is 19.2. The molecule has 0 spiro atoms. The fourth-order valence-corrected chi connectivity index (χ4v) is 4.75. The van der Waals surface area contributed by atoms with Crippen LogP contribution in [0.2, 0.25) is 0 Å². The minimum Gasteiger partial charge on any atom is -0.360 e. The molecule has 2 aromatic carbocycles. The van der Waals surface area contributed by atoms with Crippen molar-refractivity contribution < 1.29 is 0 Å². The molecule has 0 unspecified atom stereocenters. The number of hydrogen-bond acceptors (Lipinski definition) is 2. The number of benzene rings is 2. The van der Waals surface area contributed by atoms with Crippen LogP contribution in [0.5, 0.6) is 0 Å². The quantitative estimate of drug-likeness (QED) is 0.532. The number of aromatic nitrogens is 1. The molecule has 31 heavy (non-hydrogen) atoms. The molecule has 0 radical (unpaired) electrons. The first-order valence-corrected chi connectivity index (χ1v) is 11.6. The van der Waals surface area contributed by atoms with E-state index in [1.54, 1.807) is 0 Å². The number of rotatable bonds is 5. The predicted octanol–water partition coefficient (Wildman–Crippen LogP) is 5.35. The molecule has 0 amide bonds. The molecule has 1 saturated carbocycles. The number of hydrogen-bond donors (Lipinski definition) is 2. The third kappa shape index (κ3) is 5.16. The molecule has 1 aliphatic rings. The molecule has 162 valence electrons. The average molecular weight is 434 g/mol. The normalized spacial score (nSPS) is 14.5. The van der Waals surface area contributed by atoms with E-state index in [1.165, 1.54) is 24.8 Å². The first-order chi connectivity index (χ1) is 15.0. The number of H-pyrrole nitrogens is 1. The first-order valence-electron chi connectivity index (χ1n) is 11.2. The van der Waals surface area contributed by atoms with Crippen molar-refractivity contribution >= 4 is 28.2 Å². The van der Waals surface area contributed by atoms with Crippen molar-refractivity contribution in [2.75, 3.05) is 0 Å². The molecular weight excluding hydrogens is 402 g/mol. The fourth-order valence-electron chi connectivity index (χ4n) is 4.46. The van der Waals surface area contributed by atoms with Gasteiger partial charge in [-0.2, -0.15) is 0 Å². The second-order valence-electron chi connectivity index (χ2n) is 8.74. The Balaban J connectivity index is 1.63. The maximum absolute atomic E-state index is 13.0. The second kappa shape index (κ2) is 9.65.